The summed E-state index contributed by atoms with van der Waals surface area (Å²) >= 11 is 1.22. The Bertz CT molecular complexity index is 625. The lowest BCUT2D eigenvalue weighted by Gasteiger charge is -2.08. The molecule has 2 aromatic rings. The van der Waals surface area contributed by atoms with Gasteiger partial charge >= 0.3 is 0 Å². The van der Waals surface area contributed by atoms with Crippen LogP contribution in [-0.4, -0.2) is 29.0 Å². The molecule has 2 rings (SSSR count). The van der Waals surface area contributed by atoms with Crippen LogP contribution in [0.5, 0.6) is 11.5 Å². The lowest BCUT2D eigenvalue weighted by atomic mass is 10.1. The fourth-order valence-electron chi connectivity index (χ4n) is 1.62. The highest BCUT2D eigenvalue weighted by molar-refractivity contribution is 7.16. The predicted octanol–water partition coefficient (Wildman–Crippen LogP) is 2.37. The van der Waals surface area contributed by atoms with E-state index in [-0.39, 0.29) is 5.75 Å². The molecule has 0 amide bonds. The van der Waals surface area contributed by atoms with Crippen LogP contribution in [-0.2, 0) is 4.74 Å². The summed E-state index contributed by atoms with van der Waals surface area (Å²) in [6.45, 7) is 2.33. The number of nitrogen functional groups attached to an aromatic ring is 1. The van der Waals surface area contributed by atoms with Crippen LogP contribution >= 0.6 is 11.3 Å². The molecule has 1 aromatic heterocycles. The van der Waals surface area contributed by atoms with Gasteiger partial charge < -0.3 is 20.3 Å². The quantitative estimate of drug-likeness (QED) is 0.822. The minimum Gasteiger partial charge on any atom is -0.504 e. The average molecular weight is 293 g/mol. The summed E-state index contributed by atoms with van der Waals surface area (Å²) < 4.78 is 10.6. The summed E-state index contributed by atoms with van der Waals surface area (Å²) in [6.07, 6.45) is 1.68. The van der Waals surface area contributed by atoms with Crippen LogP contribution in [0.3, 0.4) is 0 Å². The zero-order valence-corrected chi connectivity index (χ0v) is 12.0. The molecule has 20 heavy (non-hydrogen) atoms. The maximum Gasteiger partial charge on any atom is 0.203 e. The minimum absolute atomic E-state index is 0.0460. The van der Waals surface area contributed by atoms with Crippen LogP contribution < -0.4 is 10.5 Å². The molecule has 7 heteroatoms. The number of methoxy groups -OCH3 is 1. The van der Waals surface area contributed by atoms with Crippen molar-refractivity contribution in [3.8, 4) is 11.5 Å². The summed E-state index contributed by atoms with van der Waals surface area (Å²) in [5.74, 6) is 0.946. The van der Waals surface area contributed by atoms with E-state index in [2.05, 4.69) is 10.2 Å². The largest absolute Gasteiger partial charge is 0.504 e. The van der Waals surface area contributed by atoms with Crippen molar-refractivity contribution in [1.82, 2.24) is 10.2 Å². The molecule has 0 unspecified atom stereocenters. The predicted molar refractivity (Wildman–Crippen MR) is 78.5 cm³/mol. The highest BCUT2D eigenvalue weighted by Crippen LogP contribution is 2.33. The third kappa shape index (κ3) is 3.00. The summed E-state index contributed by atoms with van der Waals surface area (Å²) in [6, 6.07) is 5.21. The van der Waals surface area contributed by atoms with Crippen LogP contribution in [0.25, 0.3) is 11.8 Å². The zero-order valence-electron chi connectivity index (χ0n) is 11.2. The number of anilines is 1. The Kier molecular flexibility index (Phi) is 4.41. The number of hydrogen-bond acceptors (Lipinski definition) is 7. The fourth-order valence-corrected chi connectivity index (χ4v) is 2.20. The Morgan fingerprint density at radius 2 is 2.25 bits per heavy atom. The lowest BCUT2D eigenvalue weighted by molar-refractivity contribution is 0.299. The second-order valence-corrected chi connectivity index (χ2v) is 4.79. The Morgan fingerprint density at radius 1 is 1.45 bits per heavy atom. The van der Waals surface area contributed by atoms with Gasteiger partial charge in [0, 0.05) is 5.56 Å². The van der Waals surface area contributed by atoms with Gasteiger partial charge in [-0.1, -0.05) is 23.5 Å². The Morgan fingerprint density at radius 3 is 2.85 bits per heavy atom. The number of aromatic nitrogens is 2. The Labute approximate surface area is 120 Å². The van der Waals surface area contributed by atoms with Crippen molar-refractivity contribution in [2.45, 2.75) is 6.92 Å². The van der Waals surface area contributed by atoms with Gasteiger partial charge in [0.2, 0.25) is 5.13 Å². The van der Waals surface area contributed by atoms with E-state index in [9.17, 15) is 5.11 Å². The van der Waals surface area contributed by atoms with Crippen molar-refractivity contribution < 1.29 is 14.6 Å². The molecule has 0 aliphatic heterocycles. The fraction of sp³-hybridized carbons (Fsp3) is 0.231. The second-order valence-electron chi connectivity index (χ2n) is 3.79. The van der Waals surface area contributed by atoms with Gasteiger partial charge in [-0.2, -0.15) is 0 Å². The molecule has 0 bridgehead atoms. The lowest BCUT2D eigenvalue weighted by Crippen LogP contribution is -1.92. The molecule has 6 nitrogen and oxygen atoms in total. The number of para-hydroxylation sites is 1. The first-order valence-electron chi connectivity index (χ1n) is 5.95. The molecule has 3 N–H and O–H groups in total. The van der Waals surface area contributed by atoms with E-state index in [4.69, 9.17) is 15.2 Å². The number of rotatable bonds is 5. The summed E-state index contributed by atoms with van der Waals surface area (Å²) in [5, 5.41) is 18.7. The third-order valence-corrected chi connectivity index (χ3v) is 3.25. The monoisotopic (exact) mass is 293 g/mol. The van der Waals surface area contributed by atoms with Crippen LogP contribution in [0.1, 0.15) is 17.5 Å². The molecule has 0 fully saturated rings. The number of phenolic OH excluding ortho intramolecular Hbond substituents is 1. The second kappa shape index (κ2) is 6.25. The van der Waals surface area contributed by atoms with Crippen molar-refractivity contribution in [3.05, 3.63) is 28.8 Å². The summed E-state index contributed by atoms with van der Waals surface area (Å²) in [7, 11) is 1.50. The standard InChI is InChI=1S/C13H15N3O3S/c1-3-19-10(12-15-16-13(14)20-12)7-8-5-4-6-9(18-2)11(8)17/h4-7,17H,3H2,1-2H3,(H2,14,16)/b10-7-. The molecule has 0 radical (unpaired) electrons. The molecule has 0 aliphatic carbocycles. The number of nitrogens with two attached hydrogens (primary N) is 1. The number of phenols is 1. The van der Waals surface area contributed by atoms with Crippen LogP contribution in [0.4, 0.5) is 5.13 Å². The first-order valence-corrected chi connectivity index (χ1v) is 6.77. The van der Waals surface area contributed by atoms with Gasteiger partial charge in [-0.05, 0) is 19.1 Å². The highest BCUT2D eigenvalue weighted by Gasteiger charge is 2.12. The minimum atomic E-state index is 0.0460. The normalized spacial score (nSPS) is 11.4. The van der Waals surface area contributed by atoms with E-state index >= 15 is 0 Å². The first-order chi connectivity index (χ1) is 9.65. The number of aromatic hydroxyl groups is 1. The Balaban J connectivity index is 2.43. The molecule has 1 heterocycles. The van der Waals surface area contributed by atoms with E-state index in [0.29, 0.717) is 33.8 Å². The van der Waals surface area contributed by atoms with Crippen LogP contribution in [0.2, 0.25) is 0 Å². The van der Waals surface area contributed by atoms with E-state index in [1.807, 2.05) is 6.92 Å². The van der Waals surface area contributed by atoms with Crippen molar-refractivity contribution in [3.63, 3.8) is 0 Å². The number of nitrogens with zero attached hydrogens (tertiary/aromatic N) is 2. The van der Waals surface area contributed by atoms with Gasteiger partial charge in [0.1, 0.15) is 0 Å². The zero-order chi connectivity index (χ0) is 14.5. The summed E-state index contributed by atoms with van der Waals surface area (Å²) in [4.78, 5) is 0. The van der Waals surface area contributed by atoms with Crippen molar-refractivity contribution in [2.24, 2.45) is 0 Å². The number of ether oxygens (including phenoxy) is 2. The molecule has 0 saturated heterocycles. The molecule has 0 spiro atoms. The number of benzene rings is 1. The Hall–Kier alpha value is -2.28. The molecule has 0 aliphatic rings. The molecule has 1 aromatic carbocycles. The SMILES string of the molecule is CCO/C(=C\c1cccc(OC)c1O)c1nnc(N)s1. The van der Waals surface area contributed by atoms with Crippen molar-refractivity contribution in [1.29, 1.82) is 0 Å². The first kappa shape index (κ1) is 14.1. The molecule has 0 atom stereocenters. The van der Waals surface area contributed by atoms with Gasteiger partial charge in [-0.3, -0.25) is 0 Å². The topological polar surface area (TPSA) is 90.5 Å². The van der Waals surface area contributed by atoms with Crippen molar-refractivity contribution >= 4 is 28.3 Å². The van der Waals surface area contributed by atoms with E-state index < -0.39 is 0 Å². The van der Waals surface area contributed by atoms with Gasteiger partial charge in [-0.15, -0.1) is 10.2 Å². The molecule has 0 saturated carbocycles. The number of hydrogen-bond donors (Lipinski definition) is 2. The van der Waals surface area contributed by atoms with Gasteiger partial charge in [0.15, 0.2) is 22.3 Å². The van der Waals surface area contributed by atoms with Gasteiger partial charge in [0.05, 0.1) is 13.7 Å². The third-order valence-electron chi connectivity index (χ3n) is 2.49. The molecular formula is C13H15N3O3S. The van der Waals surface area contributed by atoms with Crippen molar-refractivity contribution in [2.75, 3.05) is 19.5 Å². The smallest absolute Gasteiger partial charge is 0.203 e. The van der Waals surface area contributed by atoms with Gasteiger partial charge in [0.25, 0.3) is 0 Å². The molecule has 106 valence electrons. The summed E-state index contributed by atoms with van der Waals surface area (Å²) in [5.41, 5.74) is 6.15. The maximum absolute atomic E-state index is 10.1. The maximum atomic E-state index is 10.1. The van der Waals surface area contributed by atoms with E-state index in [1.54, 1.807) is 24.3 Å². The van der Waals surface area contributed by atoms with Crippen LogP contribution in [0.15, 0.2) is 18.2 Å². The van der Waals surface area contributed by atoms with Crippen LogP contribution in [0, 0.1) is 0 Å². The van der Waals surface area contributed by atoms with Gasteiger partial charge in [-0.25, -0.2) is 0 Å². The average Bonchev–Trinajstić information content (AvgIpc) is 2.87. The molecular weight excluding hydrogens is 278 g/mol. The highest BCUT2D eigenvalue weighted by atomic mass is 32.1. The van der Waals surface area contributed by atoms with E-state index in [1.165, 1.54) is 18.4 Å². The van der Waals surface area contributed by atoms with E-state index in [0.717, 1.165) is 0 Å².